The van der Waals surface area contributed by atoms with Crippen LogP contribution in [0.2, 0.25) is 0 Å². The highest BCUT2D eigenvalue weighted by atomic mass is 16.5. The van der Waals surface area contributed by atoms with E-state index in [0.29, 0.717) is 17.1 Å². The maximum Gasteiger partial charge on any atom is 0.416 e. The summed E-state index contributed by atoms with van der Waals surface area (Å²) in [5.74, 6) is -0.504. The predicted octanol–water partition coefficient (Wildman–Crippen LogP) is 3.26. The molecule has 2 rings (SSSR count). The van der Waals surface area contributed by atoms with Crippen LogP contribution in [0.5, 0.6) is 0 Å². The van der Waals surface area contributed by atoms with E-state index in [1.165, 1.54) is 6.07 Å². The Morgan fingerprint density at radius 1 is 1.18 bits per heavy atom. The zero-order chi connectivity index (χ0) is 16.1. The van der Waals surface area contributed by atoms with Crippen LogP contribution in [0.15, 0.2) is 48.5 Å². The number of ether oxygens (including phenoxy) is 1. The summed E-state index contributed by atoms with van der Waals surface area (Å²) >= 11 is 0. The second-order valence-corrected chi connectivity index (χ2v) is 4.45. The predicted molar refractivity (Wildman–Crippen MR) is 83.4 cm³/mol. The van der Waals surface area contributed by atoms with Gasteiger partial charge in [0.05, 0.1) is 29.2 Å². The van der Waals surface area contributed by atoms with Crippen molar-refractivity contribution < 1.29 is 19.4 Å². The largest absolute Gasteiger partial charge is 0.464 e. The number of nitrogens with zero attached hydrogens (tertiary/aromatic N) is 1. The molecule has 0 fully saturated rings. The first-order valence-corrected chi connectivity index (χ1v) is 6.69. The Bertz CT molecular complexity index is 700. The molecule has 0 radical (unpaired) electrons. The molecule has 3 N–H and O–H groups in total. The van der Waals surface area contributed by atoms with Crippen LogP contribution in [0.25, 0.3) is 0 Å². The SMILES string of the molecule is CCOC(=O)c1cccc(N(C(=O)O)c2ccccc2N)c1. The third kappa shape index (κ3) is 3.17. The summed E-state index contributed by atoms with van der Waals surface area (Å²) in [5.41, 5.74) is 7.09. The monoisotopic (exact) mass is 300 g/mol. The molecule has 0 spiro atoms. The van der Waals surface area contributed by atoms with Crippen LogP contribution < -0.4 is 10.6 Å². The van der Waals surface area contributed by atoms with Crippen molar-refractivity contribution in [3.63, 3.8) is 0 Å². The van der Waals surface area contributed by atoms with E-state index >= 15 is 0 Å². The Morgan fingerprint density at radius 3 is 2.55 bits per heavy atom. The highest BCUT2D eigenvalue weighted by Gasteiger charge is 2.20. The Kier molecular flexibility index (Phi) is 4.63. The minimum Gasteiger partial charge on any atom is -0.464 e. The van der Waals surface area contributed by atoms with Crippen LogP contribution in [0.1, 0.15) is 17.3 Å². The molecule has 0 saturated heterocycles. The molecule has 2 aromatic rings. The van der Waals surface area contributed by atoms with Gasteiger partial charge in [-0.1, -0.05) is 18.2 Å². The minimum atomic E-state index is -1.20. The molecule has 22 heavy (non-hydrogen) atoms. The summed E-state index contributed by atoms with van der Waals surface area (Å²) in [6, 6.07) is 12.8. The lowest BCUT2D eigenvalue weighted by atomic mass is 10.1. The number of amides is 1. The molecule has 0 heterocycles. The van der Waals surface area contributed by atoms with E-state index < -0.39 is 12.1 Å². The second-order valence-electron chi connectivity index (χ2n) is 4.45. The number of para-hydroxylation sites is 2. The molecule has 1 amide bonds. The topological polar surface area (TPSA) is 92.9 Å². The van der Waals surface area contributed by atoms with Crippen LogP contribution in [0.4, 0.5) is 21.9 Å². The zero-order valence-corrected chi connectivity index (χ0v) is 12.0. The second kappa shape index (κ2) is 6.62. The number of carbonyl (C=O) groups excluding carboxylic acids is 1. The molecule has 0 bridgehead atoms. The molecule has 2 aromatic carbocycles. The Balaban J connectivity index is 2.46. The average Bonchev–Trinajstić information content (AvgIpc) is 2.50. The number of carboxylic acid groups (broad SMARTS) is 1. The third-order valence-electron chi connectivity index (χ3n) is 2.98. The Morgan fingerprint density at radius 2 is 1.91 bits per heavy atom. The average molecular weight is 300 g/mol. The standard InChI is InChI=1S/C16H16N2O4/c1-2-22-15(19)11-6-5-7-12(10-11)18(16(20)21)14-9-4-3-8-13(14)17/h3-10H,2,17H2,1H3,(H,20,21). The first-order valence-electron chi connectivity index (χ1n) is 6.69. The smallest absolute Gasteiger partial charge is 0.416 e. The molecule has 114 valence electrons. The number of esters is 1. The van der Waals surface area contributed by atoms with Gasteiger partial charge >= 0.3 is 12.1 Å². The number of hydrogen-bond donors (Lipinski definition) is 2. The number of anilines is 3. The molecular weight excluding hydrogens is 284 g/mol. The summed E-state index contributed by atoms with van der Waals surface area (Å²) in [4.78, 5) is 24.4. The maximum absolute atomic E-state index is 11.8. The highest BCUT2D eigenvalue weighted by Crippen LogP contribution is 2.30. The van der Waals surface area contributed by atoms with E-state index in [0.717, 1.165) is 4.90 Å². The number of rotatable bonds is 4. The molecule has 0 aliphatic heterocycles. The number of carbonyl (C=O) groups is 2. The quantitative estimate of drug-likeness (QED) is 0.667. The van der Waals surface area contributed by atoms with Crippen LogP contribution in [-0.4, -0.2) is 23.8 Å². The van der Waals surface area contributed by atoms with Gasteiger partial charge in [-0.3, -0.25) is 0 Å². The van der Waals surface area contributed by atoms with Crippen LogP contribution in [0.3, 0.4) is 0 Å². The van der Waals surface area contributed by atoms with Crippen molar-refractivity contribution in [2.45, 2.75) is 6.92 Å². The molecule has 0 unspecified atom stereocenters. The fourth-order valence-corrected chi connectivity index (χ4v) is 2.03. The van der Waals surface area contributed by atoms with Crippen molar-refractivity contribution in [1.82, 2.24) is 0 Å². The maximum atomic E-state index is 11.8. The van der Waals surface area contributed by atoms with Gasteiger partial charge in [-0.15, -0.1) is 0 Å². The molecular formula is C16H16N2O4. The van der Waals surface area contributed by atoms with Gasteiger partial charge in [0.1, 0.15) is 0 Å². The van der Waals surface area contributed by atoms with Crippen molar-refractivity contribution in [1.29, 1.82) is 0 Å². The van der Waals surface area contributed by atoms with Gasteiger partial charge in [-0.05, 0) is 37.3 Å². The summed E-state index contributed by atoms with van der Waals surface area (Å²) in [6.07, 6.45) is -1.20. The first kappa shape index (κ1) is 15.4. The van der Waals surface area contributed by atoms with E-state index in [1.54, 1.807) is 49.4 Å². The molecule has 6 nitrogen and oxygen atoms in total. The van der Waals surface area contributed by atoms with Crippen molar-refractivity contribution >= 4 is 29.1 Å². The van der Waals surface area contributed by atoms with Gasteiger partial charge in [0.15, 0.2) is 0 Å². The van der Waals surface area contributed by atoms with E-state index in [2.05, 4.69) is 0 Å². The lowest BCUT2D eigenvalue weighted by molar-refractivity contribution is 0.0526. The summed E-state index contributed by atoms with van der Waals surface area (Å²) in [5, 5.41) is 9.49. The molecule has 0 aromatic heterocycles. The van der Waals surface area contributed by atoms with Gasteiger partial charge in [-0.25, -0.2) is 14.5 Å². The van der Waals surface area contributed by atoms with E-state index in [9.17, 15) is 14.7 Å². The molecule has 0 atom stereocenters. The Hall–Kier alpha value is -3.02. The first-order chi connectivity index (χ1) is 10.5. The van der Waals surface area contributed by atoms with Crippen molar-refractivity contribution in [2.75, 3.05) is 17.2 Å². The molecule has 0 aliphatic carbocycles. The minimum absolute atomic E-state index is 0.247. The van der Waals surface area contributed by atoms with Gasteiger partial charge in [0, 0.05) is 0 Å². The van der Waals surface area contributed by atoms with E-state index in [4.69, 9.17) is 10.5 Å². The van der Waals surface area contributed by atoms with Crippen LogP contribution in [-0.2, 0) is 4.74 Å². The fourth-order valence-electron chi connectivity index (χ4n) is 2.03. The van der Waals surface area contributed by atoms with Crippen molar-refractivity contribution in [2.24, 2.45) is 0 Å². The third-order valence-corrected chi connectivity index (χ3v) is 2.98. The molecule has 0 saturated carbocycles. The Labute approximate surface area is 127 Å². The number of benzene rings is 2. The zero-order valence-electron chi connectivity index (χ0n) is 12.0. The van der Waals surface area contributed by atoms with Crippen LogP contribution >= 0.6 is 0 Å². The fraction of sp³-hybridized carbons (Fsp3) is 0.125. The van der Waals surface area contributed by atoms with E-state index in [1.807, 2.05) is 0 Å². The van der Waals surface area contributed by atoms with Crippen molar-refractivity contribution in [3.8, 4) is 0 Å². The summed E-state index contributed by atoms with van der Waals surface area (Å²) < 4.78 is 4.92. The lowest BCUT2D eigenvalue weighted by Crippen LogP contribution is -2.24. The summed E-state index contributed by atoms with van der Waals surface area (Å²) in [6.45, 7) is 1.95. The summed E-state index contributed by atoms with van der Waals surface area (Å²) in [7, 11) is 0. The molecule has 0 aliphatic rings. The van der Waals surface area contributed by atoms with Gasteiger partial charge in [-0.2, -0.15) is 0 Å². The number of nitrogens with two attached hydrogens (primary N) is 1. The number of nitrogen functional groups attached to an aromatic ring is 1. The highest BCUT2D eigenvalue weighted by molar-refractivity contribution is 5.99. The van der Waals surface area contributed by atoms with Crippen molar-refractivity contribution in [3.05, 3.63) is 54.1 Å². The normalized spacial score (nSPS) is 10.0. The van der Waals surface area contributed by atoms with Gasteiger partial charge in [0.25, 0.3) is 0 Å². The lowest BCUT2D eigenvalue weighted by Gasteiger charge is -2.21. The number of hydrogen-bond acceptors (Lipinski definition) is 4. The van der Waals surface area contributed by atoms with Gasteiger partial charge < -0.3 is 15.6 Å². The van der Waals surface area contributed by atoms with E-state index in [-0.39, 0.29) is 12.2 Å². The van der Waals surface area contributed by atoms with Crippen LogP contribution in [0, 0.1) is 0 Å². The van der Waals surface area contributed by atoms with Gasteiger partial charge in [0.2, 0.25) is 0 Å². The molecule has 6 heteroatoms.